The maximum Gasteiger partial charge on any atom is 0.269 e. The van der Waals surface area contributed by atoms with Crippen LogP contribution in [0.3, 0.4) is 0 Å². The first kappa shape index (κ1) is 9.88. The van der Waals surface area contributed by atoms with Gasteiger partial charge in [-0.15, -0.1) is 0 Å². The van der Waals surface area contributed by atoms with E-state index in [0.717, 1.165) is 0 Å². The summed E-state index contributed by atoms with van der Waals surface area (Å²) < 4.78 is 29.6. The molecular formula is C8H8O4S. The molecule has 0 heterocycles. The minimum absolute atomic E-state index is 0.278. The summed E-state index contributed by atoms with van der Waals surface area (Å²) in [7, 11) is -4.07. The van der Waals surface area contributed by atoms with Gasteiger partial charge in [-0.3, -0.25) is 9.35 Å². The topological polar surface area (TPSA) is 71.4 Å². The Morgan fingerprint density at radius 2 is 1.92 bits per heavy atom. The molecular weight excluding hydrogens is 192 g/mol. The molecule has 70 valence electrons. The summed E-state index contributed by atoms with van der Waals surface area (Å²) in [6.45, 7) is 0. The molecule has 0 aliphatic heterocycles. The first-order valence-corrected chi connectivity index (χ1v) is 5.12. The molecule has 0 amide bonds. The predicted molar refractivity (Wildman–Crippen MR) is 47.1 cm³/mol. The van der Waals surface area contributed by atoms with E-state index in [1.165, 1.54) is 12.1 Å². The van der Waals surface area contributed by atoms with Crippen molar-refractivity contribution in [2.45, 2.75) is 5.75 Å². The third kappa shape index (κ3) is 2.96. The molecule has 0 radical (unpaired) electrons. The van der Waals surface area contributed by atoms with Crippen molar-refractivity contribution in [1.82, 2.24) is 0 Å². The van der Waals surface area contributed by atoms with Gasteiger partial charge in [0.25, 0.3) is 10.1 Å². The highest BCUT2D eigenvalue weighted by atomic mass is 32.2. The van der Waals surface area contributed by atoms with Gasteiger partial charge < -0.3 is 0 Å². The lowest BCUT2D eigenvalue weighted by atomic mass is 10.1. The van der Waals surface area contributed by atoms with E-state index in [1.807, 2.05) is 0 Å². The van der Waals surface area contributed by atoms with E-state index in [-0.39, 0.29) is 5.56 Å². The van der Waals surface area contributed by atoms with Crippen molar-refractivity contribution in [3.05, 3.63) is 35.4 Å². The van der Waals surface area contributed by atoms with Gasteiger partial charge in [-0.25, -0.2) is 0 Å². The molecule has 0 spiro atoms. The second kappa shape index (κ2) is 3.68. The fourth-order valence-corrected chi connectivity index (χ4v) is 1.63. The third-order valence-electron chi connectivity index (χ3n) is 1.52. The third-order valence-corrected chi connectivity index (χ3v) is 2.20. The van der Waals surface area contributed by atoms with Gasteiger partial charge in [0, 0.05) is 5.56 Å². The van der Waals surface area contributed by atoms with E-state index in [2.05, 4.69) is 0 Å². The van der Waals surface area contributed by atoms with Crippen molar-refractivity contribution in [1.29, 1.82) is 0 Å². The fraction of sp³-hybridized carbons (Fsp3) is 0.125. The van der Waals surface area contributed by atoms with E-state index in [9.17, 15) is 13.2 Å². The van der Waals surface area contributed by atoms with Gasteiger partial charge in [0.15, 0.2) is 0 Å². The van der Waals surface area contributed by atoms with Crippen LogP contribution < -0.4 is 0 Å². The van der Waals surface area contributed by atoms with Crippen molar-refractivity contribution < 1.29 is 17.8 Å². The first-order chi connectivity index (χ1) is 6.03. The number of hydrogen-bond donors (Lipinski definition) is 1. The number of hydrogen-bond acceptors (Lipinski definition) is 3. The normalized spacial score (nSPS) is 11.2. The molecule has 1 N–H and O–H groups in total. The van der Waals surface area contributed by atoms with Crippen LogP contribution in [-0.4, -0.2) is 19.3 Å². The van der Waals surface area contributed by atoms with Crippen LogP contribution in [0.1, 0.15) is 15.9 Å². The Bertz CT molecular complexity index is 408. The number of aldehydes is 1. The van der Waals surface area contributed by atoms with Gasteiger partial charge >= 0.3 is 0 Å². The lowest BCUT2D eigenvalue weighted by Crippen LogP contribution is -2.03. The Labute approximate surface area is 76.0 Å². The van der Waals surface area contributed by atoms with Crippen LogP contribution in [-0.2, 0) is 15.9 Å². The van der Waals surface area contributed by atoms with E-state index < -0.39 is 15.9 Å². The van der Waals surface area contributed by atoms with Gasteiger partial charge in [0.2, 0.25) is 0 Å². The zero-order chi connectivity index (χ0) is 9.90. The second-order valence-electron chi connectivity index (χ2n) is 2.54. The van der Waals surface area contributed by atoms with Gasteiger partial charge in [-0.05, 0) is 5.56 Å². The first-order valence-electron chi connectivity index (χ1n) is 3.51. The van der Waals surface area contributed by atoms with Gasteiger partial charge in [0.1, 0.15) is 12.0 Å². The van der Waals surface area contributed by atoms with Crippen molar-refractivity contribution in [2.75, 3.05) is 0 Å². The minimum atomic E-state index is -4.07. The monoisotopic (exact) mass is 200 g/mol. The summed E-state index contributed by atoms with van der Waals surface area (Å²) in [6, 6.07) is 6.20. The summed E-state index contributed by atoms with van der Waals surface area (Å²) in [5.74, 6) is -0.526. The highest BCUT2D eigenvalue weighted by molar-refractivity contribution is 7.85. The Morgan fingerprint density at radius 1 is 1.31 bits per heavy atom. The molecule has 0 saturated heterocycles. The van der Waals surface area contributed by atoms with Crippen LogP contribution in [0.25, 0.3) is 0 Å². The SMILES string of the molecule is O=Cc1ccccc1CS(=O)(=O)O. The molecule has 0 aliphatic carbocycles. The molecule has 0 aromatic heterocycles. The molecule has 0 atom stereocenters. The predicted octanol–water partition coefficient (Wildman–Crippen LogP) is 0.887. The average molecular weight is 200 g/mol. The maximum atomic E-state index is 10.5. The van der Waals surface area contributed by atoms with Crippen molar-refractivity contribution >= 4 is 16.4 Å². The standard InChI is InChI=1S/C8H8O4S/c9-5-7-3-1-2-4-8(7)6-13(10,11)12/h1-5H,6H2,(H,10,11,12). The zero-order valence-corrected chi connectivity index (χ0v) is 7.49. The lowest BCUT2D eigenvalue weighted by molar-refractivity contribution is 0.112. The smallest absolute Gasteiger partial charge is 0.269 e. The van der Waals surface area contributed by atoms with Gasteiger partial charge in [-0.1, -0.05) is 24.3 Å². The largest absolute Gasteiger partial charge is 0.298 e. The Balaban J connectivity index is 3.08. The quantitative estimate of drug-likeness (QED) is 0.581. The van der Waals surface area contributed by atoms with Crippen LogP contribution >= 0.6 is 0 Å². The van der Waals surface area contributed by atoms with Crippen molar-refractivity contribution in [2.24, 2.45) is 0 Å². The molecule has 4 nitrogen and oxygen atoms in total. The average Bonchev–Trinajstić information content (AvgIpc) is 2.02. The molecule has 5 heteroatoms. The van der Waals surface area contributed by atoms with Crippen molar-refractivity contribution in [3.8, 4) is 0 Å². The Kier molecular flexibility index (Phi) is 2.79. The number of carbonyl (C=O) groups is 1. The minimum Gasteiger partial charge on any atom is -0.298 e. The highest BCUT2D eigenvalue weighted by Gasteiger charge is 2.09. The summed E-state index contributed by atoms with van der Waals surface area (Å²) >= 11 is 0. The van der Waals surface area contributed by atoms with Crippen molar-refractivity contribution in [3.63, 3.8) is 0 Å². The van der Waals surface area contributed by atoms with Crippen LogP contribution in [0, 0.1) is 0 Å². The highest BCUT2D eigenvalue weighted by Crippen LogP contribution is 2.09. The van der Waals surface area contributed by atoms with E-state index >= 15 is 0 Å². The molecule has 0 saturated carbocycles. The molecule has 13 heavy (non-hydrogen) atoms. The molecule has 1 aromatic carbocycles. The summed E-state index contributed by atoms with van der Waals surface area (Å²) in [4.78, 5) is 10.4. The molecule has 0 unspecified atom stereocenters. The summed E-state index contributed by atoms with van der Waals surface area (Å²) in [5, 5.41) is 0. The molecule has 1 rings (SSSR count). The Hall–Kier alpha value is -1.20. The summed E-state index contributed by atoms with van der Waals surface area (Å²) in [6.07, 6.45) is 0.556. The fourth-order valence-electron chi connectivity index (χ4n) is 0.977. The number of rotatable bonds is 3. The number of carbonyl (C=O) groups excluding carboxylic acids is 1. The van der Waals surface area contributed by atoms with E-state index in [1.54, 1.807) is 12.1 Å². The summed E-state index contributed by atoms with van der Waals surface area (Å²) in [5.41, 5.74) is 0.583. The molecule has 0 fully saturated rings. The number of benzene rings is 1. The van der Waals surface area contributed by atoms with E-state index in [4.69, 9.17) is 4.55 Å². The lowest BCUT2D eigenvalue weighted by Gasteiger charge is -2.00. The van der Waals surface area contributed by atoms with Crippen LogP contribution in [0.5, 0.6) is 0 Å². The molecule has 0 aliphatic rings. The maximum absolute atomic E-state index is 10.5. The van der Waals surface area contributed by atoms with Crippen LogP contribution in [0.4, 0.5) is 0 Å². The Morgan fingerprint density at radius 3 is 2.46 bits per heavy atom. The van der Waals surface area contributed by atoms with Gasteiger partial charge in [0.05, 0.1) is 0 Å². The van der Waals surface area contributed by atoms with Gasteiger partial charge in [-0.2, -0.15) is 8.42 Å². The van der Waals surface area contributed by atoms with Crippen LogP contribution in [0.2, 0.25) is 0 Å². The van der Waals surface area contributed by atoms with Crippen LogP contribution in [0.15, 0.2) is 24.3 Å². The molecule has 0 bridgehead atoms. The zero-order valence-electron chi connectivity index (χ0n) is 6.67. The second-order valence-corrected chi connectivity index (χ2v) is 4.00. The molecule has 1 aromatic rings. The van der Waals surface area contributed by atoms with E-state index in [0.29, 0.717) is 11.8 Å².